The van der Waals surface area contributed by atoms with Crippen LogP contribution < -0.4 is 0 Å². The Kier molecular flexibility index (Phi) is 6.26. The smallest absolute Gasteiger partial charge is 0.339 e. The predicted molar refractivity (Wildman–Crippen MR) is 133 cm³/mol. The molecule has 0 spiro atoms. The Balaban J connectivity index is 1.43. The Labute approximate surface area is 204 Å². The van der Waals surface area contributed by atoms with Gasteiger partial charge in [-0.25, -0.2) is 9.78 Å². The number of esters is 1. The zero-order valence-electron chi connectivity index (χ0n) is 19.9. The number of nitrogens with zero attached hydrogens (tertiary/aromatic N) is 2. The molecule has 2 atom stereocenters. The van der Waals surface area contributed by atoms with Crippen LogP contribution >= 0.6 is 0 Å². The molecule has 1 amide bonds. The van der Waals surface area contributed by atoms with Gasteiger partial charge in [0.2, 0.25) is 0 Å². The SMILES string of the molecule is CC1CN(C(=O)COC(=O)c2c3c(nc4ccccc24)/C(=C/c2ccc(O)cc2)CC3)CC(C)O1. The first-order chi connectivity index (χ1) is 16.9. The topological polar surface area (TPSA) is 89.0 Å². The van der Waals surface area contributed by atoms with Gasteiger partial charge in [0.15, 0.2) is 6.61 Å². The summed E-state index contributed by atoms with van der Waals surface area (Å²) in [5.41, 5.74) is 4.79. The third-order valence-electron chi connectivity index (χ3n) is 6.48. The maximum atomic E-state index is 13.3. The molecule has 1 N–H and O–H groups in total. The number of fused-ring (bicyclic) bond motifs is 2. The van der Waals surface area contributed by atoms with Crippen LogP contribution in [-0.4, -0.2) is 58.8 Å². The van der Waals surface area contributed by atoms with E-state index < -0.39 is 5.97 Å². The molecule has 2 aromatic carbocycles. The number of benzene rings is 2. The molecule has 5 rings (SSSR count). The fourth-order valence-electron chi connectivity index (χ4n) is 4.96. The summed E-state index contributed by atoms with van der Waals surface area (Å²) < 4.78 is 11.3. The molecule has 1 fully saturated rings. The molecule has 0 radical (unpaired) electrons. The van der Waals surface area contributed by atoms with Crippen molar-refractivity contribution >= 4 is 34.4 Å². The van der Waals surface area contributed by atoms with Gasteiger partial charge < -0.3 is 19.5 Å². The number of aromatic nitrogens is 1. The van der Waals surface area contributed by atoms with Crippen molar-refractivity contribution in [2.45, 2.75) is 38.9 Å². The summed E-state index contributed by atoms with van der Waals surface area (Å²) in [6.45, 7) is 4.52. The molecule has 7 nitrogen and oxygen atoms in total. The number of hydrogen-bond donors (Lipinski definition) is 1. The summed E-state index contributed by atoms with van der Waals surface area (Å²) in [5, 5.41) is 10.3. The minimum atomic E-state index is -0.506. The molecular weight excluding hydrogens is 444 g/mol. The molecule has 0 bridgehead atoms. The zero-order valence-corrected chi connectivity index (χ0v) is 19.9. The second-order valence-corrected chi connectivity index (χ2v) is 9.22. The number of ether oxygens (including phenoxy) is 2. The summed E-state index contributed by atoms with van der Waals surface area (Å²) in [4.78, 5) is 32.7. The van der Waals surface area contributed by atoms with Crippen LogP contribution in [0.25, 0.3) is 22.6 Å². The van der Waals surface area contributed by atoms with Crippen molar-refractivity contribution in [3.8, 4) is 5.75 Å². The molecular formula is C28H28N2O5. The number of amides is 1. The highest BCUT2D eigenvalue weighted by Gasteiger charge is 2.30. The number of carbonyl (C=O) groups excluding carboxylic acids is 2. The highest BCUT2D eigenvalue weighted by atomic mass is 16.5. The molecule has 2 unspecified atom stereocenters. The number of hydrogen-bond acceptors (Lipinski definition) is 6. The van der Waals surface area contributed by atoms with Gasteiger partial charge >= 0.3 is 5.97 Å². The van der Waals surface area contributed by atoms with Gasteiger partial charge in [0.1, 0.15) is 5.75 Å². The maximum absolute atomic E-state index is 13.3. The normalized spacial score (nSPS) is 20.7. The summed E-state index contributed by atoms with van der Waals surface area (Å²) >= 11 is 0. The molecule has 7 heteroatoms. The number of phenols is 1. The predicted octanol–water partition coefficient (Wildman–Crippen LogP) is 4.22. The van der Waals surface area contributed by atoms with Gasteiger partial charge in [-0.3, -0.25) is 4.79 Å². The highest BCUT2D eigenvalue weighted by Crippen LogP contribution is 2.38. The Bertz CT molecular complexity index is 1300. The van der Waals surface area contributed by atoms with E-state index in [1.54, 1.807) is 17.0 Å². The fourth-order valence-corrected chi connectivity index (χ4v) is 4.96. The molecule has 1 aromatic heterocycles. The number of aromatic hydroxyl groups is 1. The second kappa shape index (κ2) is 9.50. The Morgan fingerprint density at radius 1 is 1.09 bits per heavy atom. The molecule has 1 aliphatic heterocycles. The third kappa shape index (κ3) is 4.77. The van der Waals surface area contributed by atoms with E-state index in [0.29, 0.717) is 30.6 Å². The van der Waals surface area contributed by atoms with E-state index in [0.717, 1.165) is 34.2 Å². The van der Waals surface area contributed by atoms with E-state index in [-0.39, 0.29) is 30.5 Å². The Morgan fingerprint density at radius 2 is 1.80 bits per heavy atom. The van der Waals surface area contributed by atoms with Gasteiger partial charge in [-0.05, 0) is 67.7 Å². The van der Waals surface area contributed by atoms with Gasteiger partial charge in [0.05, 0.1) is 29.0 Å². The summed E-state index contributed by atoms with van der Waals surface area (Å²) in [5.74, 6) is -0.514. The van der Waals surface area contributed by atoms with Crippen molar-refractivity contribution in [1.82, 2.24) is 9.88 Å². The van der Waals surface area contributed by atoms with Gasteiger partial charge in [0.25, 0.3) is 5.91 Å². The van der Waals surface area contributed by atoms with Crippen LogP contribution in [0.3, 0.4) is 0 Å². The standard InChI is InChI=1S/C28H28N2O5/c1-17-14-30(15-18(2)35-17)25(32)16-34-28(33)26-22-5-3-4-6-24(22)29-27-20(9-12-23(26)27)13-19-7-10-21(31)11-8-19/h3-8,10-11,13,17-18,31H,9,12,14-16H2,1-2H3/b20-13+. The van der Waals surface area contributed by atoms with Crippen LogP contribution in [0.5, 0.6) is 5.75 Å². The average molecular weight is 473 g/mol. The molecule has 0 saturated carbocycles. The van der Waals surface area contributed by atoms with E-state index in [9.17, 15) is 14.7 Å². The first kappa shape index (κ1) is 23.1. The van der Waals surface area contributed by atoms with Crippen molar-refractivity contribution in [2.75, 3.05) is 19.7 Å². The van der Waals surface area contributed by atoms with Crippen LogP contribution in [0.15, 0.2) is 48.5 Å². The lowest BCUT2D eigenvalue weighted by atomic mass is 10.0. The van der Waals surface area contributed by atoms with Crippen LogP contribution in [0.2, 0.25) is 0 Å². The molecule has 1 aliphatic carbocycles. The Morgan fingerprint density at radius 3 is 2.54 bits per heavy atom. The maximum Gasteiger partial charge on any atom is 0.339 e. The van der Waals surface area contributed by atoms with E-state index in [2.05, 4.69) is 0 Å². The quantitative estimate of drug-likeness (QED) is 0.572. The minimum Gasteiger partial charge on any atom is -0.508 e. The lowest BCUT2D eigenvalue weighted by molar-refractivity contribution is -0.146. The van der Waals surface area contributed by atoms with Crippen molar-refractivity contribution in [1.29, 1.82) is 0 Å². The zero-order chi connectivity index (χ0) is 24.5. The van der Waals surface area contributed by atoms with Crippen molar-refractivity contribution in [3.05, 3.63) is 70.9 Å². The van der Waals surface area contributed by atoms with Crippen molar-refractivity contribution < 1.29 is 24.2 Å². The molecule has 180 valence electrons. The summed E-state index contributed by atoms with van der Waals surface area (Å²) in [7, 11) is 0. The largest absolute Gasteiger partial charge is 0.508 e. The van der Waals surface area contributed by atoms with Gasteiger partial charge in [-0.1, -0.05) is 30.3 Å². The monoisotopic (exact) mass is 472 g/mol. The number of phenolic OH excluding ortho intramolecular Hbond substituents is 1. The van der Waals surface area contributed by atoms with Crippen LogP contribution in [0.4, 0.5) is 0 Å². The molecule has 1 saturated heterocycles. The molecule has 2 aliphatic rings. The molecule has 35 heavy (non-hydrogen) atoms. The lowest BCUT2D eigenvalue weighted by Gasteiger charge is -2.35. The number of para-hydroxylation sites is 1. The Hall–Kier alpha value is -3.71. The van der Waals surface area contributed by atoms with Crippen molar-refractivity contribution in [2.24, 2.45) is 0 Å². The fraction of sp³-hybridized carbons (Fsp3) is 0.321. The summed E-state index contributed by atoms with van der Waals surface area (Å²) in [6, 6.07) is 14.5. The van der Waals surface area contributed by atoms with Crippen LogP contribution in [0, 0.1) is 0 Å². The first-order valence-electron chi connectivity index (χ1n) is 11.9. The lowest BCUT2D eigenvalue weighted by Crippen LogP contribution is -2.49. The number of morpholine rings is 1. The number of allylic oxidation sites excluding steroid dienone is 1. The summed E-state index contributed by atoms with van der Waals surface area (Å²) in [6.07, 6.45) is 3.33. The van der Waals surface area contributed by atoms with Crippen LogP contribution in [0.1, 0.15) is 47.4 Å². The minimum absolute atomic E-state index is 0.0513. The average Bonchev–Trinajstić information content (AvgIpc) is 3.23. The number of rotatable bonds is 4. The van der Waals surface area contributed by atoms with Crippen molar-refractivity contribution in [3.63, 3.8) is 0 Å². The number of carbonyl (C=O) groups is 2. The second-order valence-electron chi connectivity index (χ2n) is 9.22. The number of pyridine rings is 1. The van der Waals surface area contributed by atoms with Gasteiger partial charge in [-0.15, -0.1) is 0 Å². The van der Waals surface area contributed by atoms with Gasteiger partial charge in [0, 0.05) is 18.5 Å². The van der Waals surface area contributed by atoms with E-state index in [1.807, 2.05) is 56.3 Å². The molecule has 3 aromatic rings. The van der Waals surface area contributed by atoms with E-state index in [4.69, 9.17) is 14.5 Å². The van der Waals surface area contributed by atoms with E-state index in [1.165, 1.54) is 0 Å². The van der Waals surface area contributed by atoms with Crippen LogP contribution in [-0.2, 0) is 20.7 Å². The van der Waals surface area contributed by atoms with Gasteiger partial charge in [-0.2, -0.15) is 0 Å². The third-order valence-corrected chi connectivity index (χ3v) is 6.48. The van der Waals surface area contributed by atoms with E-state index >= 15 is 0 Å². The highest BCUT2D eigenvalue weighted by molar-refractivity contribution is 6.07. The first-order valence-corrected chi connectivity index (χ1v) is 11.9. The molecule has 2 heterocycles.